The van der Waals surface area contributed by atoms with E-state index in [0.717, 1.165) is 0 Å². The second kappa shape index (κ2) is 8.93. The van der Waals surface area contributed by atoms with Gasteiger partial charge in [0, 0.05) is 13.2 Å². The maximum Gasteiger partial charge on any atom is 0.227 e. The molecule has 0 unspecified atom stereocenters. The van der Waals surface area contributed by atoms with Gasteiger partial charge >= 0.3 is 0 Å². The van der Waals surface area contributed by atoms with Gasteiger partial charge < -0.3 is 14.8 Å². The summed E-state index contributed by atoms with van der Waals surface area (Å²) < 4.78 is 50.8. The first-order chi connectivity index (χ1) is 15.7. The van der Waals surface area contributed by atoms with Gasteiger partial charge in [0.2, 0.25) is 5.91 Å². The molecule has 174 valence electrons. The lowest BCUT2D eigenvalue weighted by Crippen LogP contribution is -2.42. The molecular formula is C23H22ClFN2O5S. The van der Waals surface area contributed by atoms with Crippen LogP contribution in [-0.4, -0.2) is 38.3 Å². The van der Waals surface area contributed by atoms with Crippen molar-refractivity contribution in [2.45, 2.75) is 47.5 Å². The van der Waals surface area contributed by atoms with E-state index in [4.69, 9.17) is 21.1 Å². The Morgan fingerprint density at radius 2 is 1.85 bits per heavy atom. The first-order valence-electron chi connectivity index (χ1n) is 10.4. The zero-order chi connectivity index (χ0) is 23.8. The molecule has 3 atom stereocenters. The van der Waals surface area contributed by atoms with Crippen LogP contribution in [0.3, 0.4) is 0 Å². The molecule has 33 heavy (non-hydrogen) atoms. The number of nitrogens with one attached hydrogen (secondary N) is 1. The van der Waals surface area contributed by atoms with Gasteiger partial charge in [0.1, 0.15) is 22.9 Å². The fourth-order valence-electron chi connectivity index (χ4n) is 4.06. The van der Waals surface area contributed by atoms with Gasteiger partial charge in [-0.2, -0.15) is 5.26 Å². The molecule has 0 radical (unpaired) electrons. The first kappa shape index (κ1) is 23.5. The predicted octanol–water partition coefficient (Wildman–Crippen LogP) is 4.01. The molecule has 1 N–H and O–H groups in total. The van der Waals surface area contributed by atoms with Crippen molar-refractivity contribution in [3.05, 3.63) is 53.3 Å². The van der Waals surface area contributed by atoms with Crippen molar-refractivity contribution in [2.75, 3.05) is 7.11 Å². The van der Waals surface area contributed by atoms with Crippen LogP contribution in [0.5, 0.6) is 11.5 Å². The smallest absolute Gasteiger partial charge is 0.227 e. The molecule has 2 aromatic carbocycles. The Morgan fingerprint density at radius 1 is 1.18 bits per heavy atom. The lowest BCUT2D eigenvalue weighted by atomic mass is 10.0. The summed E-state index contributed by atoms with van der Waals surface area (Å²) >= 11 is 6.30. The van der Waals surface area contributed by atoms with Gasteiger partial charge in [0.25, 0.3) is 0 Å². The van der Waals surface area contributed by atoms with Gasteiger partial charge in [-0.05, 0) is 62.1 Å². The van der Waals surface area contributed by atoms with Gasteiger partial charge in [-0.3, -0.25) is 4.79 Å². The van der Waals surface area contributed by atoms with E-state index in [0.29, 0.717) is 24.3 Å². The van der Waals surface area contributed by atoms with E-state index in [9.17, 15) is 22.9 Å². The molecule has 1 amide bonds. The second-order valence-corrected chi connectivity index (χ2v) is 11.0. The first-order valence-corrected chi connectivity index (χ1v) is 12.3. The van der Waals surface area contributed by atoms with E-state index < -0.39 is 38.5 Å². The summed E-state index contributed by atoms with van der Waals surface area (Å²) in [6, 6.07) is 11.7. The van der Waals surface area contributed by atoms with Crippen molar-refractivity contribution in [1.29, 1.82) is 5.26 Å². The van der Waals surface area contributed by atoms with Crippen molar-refractivity contribution in [1.82, 2.24) is 5.32 Å². The van der Waals surface area contributed by atoms with Crippen molar-refractivity contribution in [2.24, 2.45) is 5.92 Å². The van der Waals surface area contributed by atoms with Gasteiger partial charge in [-0.15, -0.1) is 0 Å². The highest BCUT2D eigenvalue weighted by molar-refractivity contribution is 7.92. The molecule has 0 aromatic heterocycles. The van der Waals surface area contributed by atoms with Crippen LogP contribution in [0.2, 0.25) is 5.02 Å². The summed E-state index contributed by atoms with van der Waals surface area (Å²) in [7, 11) is -2.43. The van der Waals surface area contributed by atoms with Gasteiger partial charge in [-0.1, -0.05) is 11.6 Å². The van der Waals surface area contributed by atoms with Crippen LogP contribution in [0.15, 0.2) is 47.4 Å². The van der Waals surface area contributed by atoms with E-state index in [1.807, 2.05) is 0 Å². The lowest BCUT2D eigenvalue weighted by Gasteiger charge is -2.19. The summed E-state index contributed by atoms with van der Waals surface area (Å²) in [5.74, 6) is -0.774. The fourth-order valence-corrected chi connectivity index (χ4v) is 6.40. The minimum Gasteiger partial charge on any atom is -0.457 e. The van der Waals surface area contributed by atoms with E-state index in [2.05, 4.69) is 11.4 Å². The summed E-state index contributed by atoms with van der Waals surface area (Å²) in [4.78, 5) is 12.7. The topological polar surface area (TPSA) is 105 Å². The highest BCUT2D eigenvalue weighted by atomic mass is 35.5. The van der Waals surface area contributed by atoms with E-state index in [-0.39, 0.29) is 28.7 Å². The number of amides is 1. The van der Waals surface area contributed by atoms with Crippen LogP contribution in [0.25, 0.3) is 0 Å². The number of halogens is 2. The Kier molecular flexibility index (Phi) is 6.36. The van der Waals surface area contributed by atoms with Crippen molar-refractivity contribution < 1.29 is 27.1 Å². The molecular weight excluding hydrogens is 471 g/mol. The molecule has 7 nitrogen and oxygen atoms in total. The number of benzene rings is 2. The van der Waals surface area contributed by atoms with E-state index in [1.165, 1.54) is 49.6 Å². The molecule has 0 heterocycles. The summed E-state index contributed by atoms with van der Waals surface area (Å²) in [5, 5.41) is 11.1. The largest absolute Gasteiger partial charge is 0.457 e. The molecule has 0 spiro atoms. The third-order valence-corrected chi connectivity index (χ3v) is 8.78. The molecule has 0 aliphatic heterocycles. The third-order valence-electron chi connectivity index (χ3n) is 6.12. The van der Waals surface area contributed by atoms with Crippen LogP contribution in [0.4, 0.5) is 4.39 Å². The minimum absolute atomic E-state index is 0.0158. The zero-order valence-corrected chi connectivity index (χ0v) is 19.3. The third kappa shape index (κ3) is 4.83. The maximum atomic E-state index is 13.3. The number of carbonyl (C=O) groups is 1. The highest BCUT2D eigenvalue weighted by Gasteiger charge is 2.50. The number of hydrogen-bond acceptors (Lipinski definition) is 6. The molecule has 2 saturated carbocycles. The van der Waals surface area contributed by atoms with E-state index in [1.54, 1.807) is 0 Å². The van der Waals surface area contributed by atoms with Crippen LogP contribution in [0.1, 0.15) is 25.7 Å². The zero-order valence-electron chi connectivity index (χ0n) is 17.8. The van der Waals surface area contributed by atoms with Crippen LogP contribution in [-0.2, 0) is 19.4 Å². The fraction of sp³-hybridized carbons (Fsp3) is 0.391. The molecule has 0 saturated heterocycles. The van der Waals surface area contributed by atoms with Crippen molar-refractivity contribution in [3.63, 3.8) is 0 Å². The van der Waals surface area contributed by atoms with Gasteiger partial charge in [0.15, 0.2) is 9.84 Å². The van der Waals surface area contributed by atoms with Crippen LogP contribution < -0.4 is 10.1 Å². The number of hydrogen-bond donors (Lipinski definition) is 1. The number of nitriles is 1. The molecule has 4 rings (SSSR count). The molecule has 2 aromatic rings. The molecule has 2 aliphatic rings. The van der Waals surface area contributed by atoms with E-state index >= 15 is 0 Å². The van der Waals surface area contributed by atoms with Gasteiger partial charge in [0.05, 0.1) is 33.3 Å². The van der Waals surface area contributed by atoms with Crippen LogP contribution in [0, 0.1) is 23.1 Å². The number of ether oxygens (including phenoxy) is 2. The summed E-state index contributed by atoms with van der Waals surface area (Å²) in [6.45, 7) is 0. The number of methoxy groups -OCH3 is 1. The van der Waals surface area contributed by atoms with Crippen LogP contribution >= 0.6 is 11.6 Å². The number of carbonyl (C=O) groups excluding carboxylic acids is 1. The average molecular weight is 493 g/mol. The standard InChI is InChI=1S/C23H22ClFN2O5S/c1-31-20-12-17(11-18(20)22(28)27-23(13-26)8-9-23)33(29,30)21-7-6-16(10-19(21)24)32-15-4-2-14(25)3-5-15/h2-7,10,17-18,20H,8-9,11-12H2,1H3,(H,27,28)/t17-,18-,20-/m0/s1. The SMILES string of the molecule is CO[C@H]1C[C@@H](S(=O)(=O)c2ccc(Oc3ccc(F)cc3)cc2Cl)C[C@@H]1C(=O)NC1(C#N)CC1. The summed E-state index contributed by atoms with van der Waals surface area (Å²) in [6.07, 6.45) is 0.796. The Morgan fingerprint density at radius 3 is 2.42 bits per heavy atom. The molecule has 2 aliphatic carbocycles. The quantitative estimate of drug-likeness (QED) is 0.626. The number of sulfone groups is 1. The minimum atomic E-state index is -3.87. The maximum absolute atomic E-state index is 13.3. The van der Waals surface area contributed by atoms with Crippen molar-refractivity contribution in [3.8, 4) is 17.6 Å². The normalized spacial score (nSPS) is 23.5. The molecule has 10 heteroatoms. The second-order valence-electron chi connectivity index (χ2n) is 8.35. The number of nitrogens with zero attached hydrogens (tertiary/aromatic N) is 1. The lowest BCUT2D eigenvalue weighted by molar-refractivity contribution is -0.128. The Hall–Kier alpha value is -2.67. The summed E-state index contributed by atoms with van der Waals surface area (Å²) in [5.41, 5.74) is -0.837. The highest BCUT2D eigenvalue weighted by Crippen LogP contribution is 2.40. The monoisotopic (exact) mass is 492 g/mol. The number of rotatable bonds is 7. The Balaban J connectivity index is 1.51. The predicted molar refractivity (Wildman–Crippen MR) is 118 cm³/mol. The molecule has 2 fully saturated rings. The molecule has 0 bridgehead atoms. The average Bonchev–Trinajstić information content (AvgIpc) is 3.40. The Bertz CT molecular complexity index is 1210. The van der Waals surface area contributed by atoms with Gasteiger partial charge in [-0.25, -0.2) is 12.8 Å². The Labute approximate surface area is 196 Å². The van der Waals surface area contributed by atoms with Crippen molar-refractivity contribution >= 4 is 27.3 Å².